The molecule has 0 saturated heterocycles. The Hall–Kier alpha value is -6.14. The molecule has 0 atom stereocenters. The monoisotopic (exact) mass is 736 g/mol. The van der Waals surface area contributed by atoms with Gasteiger partial charge in [-0.1, -0.05) is 123 Å². The van der Waals surface area contributed by atoms with Crippen molar-refractivity contribution in [1.82, 2.24) is 9.13 Å². The van der Waals surface area contributed by atoms with E-state index in [1.54, 1.807) is 0 Å². The van der Waals surface area contributed by atoms with Gasteiger partial charge in [0.1, 0.15) is 0 Å². The highest BCUT2D eigenvalue weighted by Gasteiger charge is 2.12. The molecule has 6 aromatic carbocycles. The second-order valence-corrected chi connectivity index (χ2v) is 14.9. The second-order valence-electron chi connectivity index (χ2n) is 14.9. The van der Waals surface area contributed by atoms with Crippen molar-refractivity contribution in [2.24, 2.45) is 10.2 Å². The quantitative estimate of drug-likeness (QED) is 0.0530. The normalized spacial score (nSPS) is 12.0. The standard InChI is InChI=1S/C50H52N6/c1-53(41-21-11-9-12-22-41)51-37-39-29-31-49-45(35-39)43-25-15-17-27-47(43)55(49)33-19-7-5-3-4-6-8-20-34-56-48-28-18-16-26-44(48)46-36-40(30-32-50(46)56)38-52-54(2)42-23-13-10-14-24-42/h9-18,21-32,35-38H,3-8,19-20,33-34H2,1-2H3. The summed E-state index contributed by atoms with van der Waals surface area (Å²) < 4.78 is 5.05. The number of fused-ring (bicyclic) bond motifs is 6. The van der Waals surface area contributed by atoms with Crippen LogP contribution in [-0.2, 0) is 13.1 Å². The van der Waals surface area contributed by atoms with Gasteiger partial charge in [0.25, 0.3) is 0 Å². The number of hydrogen-bond acceptors (Lipinski definition) is 4. The number of hydrazone groups is 2. The summed E-state index contributed by atoms with van der Waals surface area (Å²) >= 11 is 0. The van der Waals surface area contributed by atoms with E-state index in [1.807, 2.05) is 72.9 Å². The maximum absolute atomic E-state index is 4.71. The van der Waals surface area contributed by atoms with Gasteiger partial charge in [-0.2, -0.15) is 10.2 Å². The number of aryl methyl sites for hydroxylation is 2. The zero-order chi connectivity index (χ0) is 38.1. The Morgan fingerprint density at radius 3 is 1.18 bits per heavy atom. The summed E-state index contributed by atoms with van der Waals surface area (Å²) in [7, 11) is 3.98. The SMILES string of the molecule is CN(N=Cc1ccc2c(c1)c1ccccc1n2CCCCCCCCCCn1c2ccccc2c2cc(C=NN(C)c3ccccc3)ccc21)c1ccccc1. The molecule has 0 unspecified atom stereocenters. The van der Waals surface area contributed by atoms with Crippen LogP contribution in [0.1, 0.15) is 62.5 Å². The van der Waals surface area contributed by atoms with Crippen LogP contribution in [0.2, 0.25) is 0 Å². The Balaban J connectivity index is 0.808. The van der Waals surface area contributed by atoms with Gasteiger partial charge >= 0.3 is 0 Å². The summed E-state index contributed by atoms with van der Waals surface area (Å²) in [5.41, 5.74) is 9.63. The van der Waals surface area contributed by atoms with Crippen LogP contribution in [0.4, 0.5) is 11.4 Å². The van der Waals surface area contributed by atoms with Crippen LogP contribution in [0.3, 0.4) is 0 Å². The molecule has 0 fully saturated rings. The molecular formula is C50H52N6. The number of hydrogen-bond donors (Lipinski definition) is 0. The topological polar surface area (TPSA) is 41.1 Å². The lowest BCUT2D eigenvalue weighted by molar-refractivity contribution is 0.536. The fraction of sp³-hybridized carbons (Fsp3) is 0.240. The number of benzene rings is 6. The van der Waals surface area contributed by atoms with Gasteiger partial charge in [0.05, 0.1) is 23.8 Å². The van der Waals surface area contributed by atoms with Crippen molar-refractivity contribution in [2.75, 3.05) is 24.1 Å². The molecule has 6 heteroatoms. The molecular weight excluding hydrogens is 685 g/mol. The second kappa shape index (κ2) is 17.5. The average molecular weight is 737 g/mol. The smallest absolute Gasteiger partial charge is 0.0590 e. The van der Waals surface area contributed by atoms with E-state index in [4.69, 9.17) is 10.2 Å². The van der Waals surface area contributed by atoms with Crippen molar-refractivity contribution in [3.63, 3.8) is 0 Å². The molecule has 0 saturated carbocycles. The minimum Gasteiger partial charge on any atom is -0.340 e. The Morgan fingerprint density at radius 1 is 0.393 bits per heavy atom. The van der Waals surface area contributed by atoms with Crippen molar-refractivity contribution >= 4 is 67.4 Å². The van der Waals surface area contributed by atoms with E-state index >= 15 is 0 Å². The van der Waals surface area contributed by atoms with Crippen molar-refractivity contribution in [3.8, 4) is 0 Å². The molecule has 8 rings (SSSR count). The number of rotatable bonds is 17. The van der Waals surface area contributed by atoms with E-state index in [-0.39, 0.29) is 0 Å². The first-order valence-electron chi connectivity index (χ1n) is 20.3. The number of para-hydroxylation sites is 4. The molecule has 0 spiro atoms. The summed E-state index contributed by atoms with van der Waals surface area (Å²) in [5.74, 6) is 0. The molecule has 0 radical (unpaired) electrons. The third kappa shape index (κ3) is 8.25. The van der Waals surface area contributed by atoms with Crippen molar-refractivity contribution in [1.29, 1.82) is 0 Å². The summed E-state index contributed by atoms with van der Waals surface area (Å²) in [6, 6.07) is 51.7. The molecule has 56 heavy (non-hydrogen) atoms. The highest BCUT2D eigenvalue weighted by molar-refractivity contribution is 6.10. The van der Waals surface area contributed by atoms with Crippen LogP contribution in [0.15, 0.2) is 156 Å². The first-order chi connectivity index (χ1) is 27.6. The molecule has 0 aliphatic heterocycles. The lowest BCUT2D eigenvalue weighted by Gasteiger charge is -2.12. The molecule has 8 aromatic rings. The summed E-state index contributed by atoms with van der Waals surface area (Å²) in [6.07, 6.45) is 14.1. The van der Waals surface area contributed by atoms with Gasteiger partial charge in [0.15, 0.2) is 0 Å². The third-order valence-electron chi connectivity index (χ3n) is 11.1. The van der Waals surface area contributed by atoms with Gasteiger partial charge in [-0.3, -0.25) is 10.0 Å². The van der Waals surface area contributed by atoms with Crippen LogP contribution in [0.5, 0.6) is 0 Å². The Kier molecular flexibility index (Phi) is 11.5. The molecule has 2 heterocycles. The van der Waals surface area contributed by atoms with E-state index in [0.29, 0.717) is 0 Å². The van der Waals surface area contributed by atoms with Gasteiger partial charge in [-0.15, -0.1) is 0 Å². The predicted molar refractivity (Wildman–Crippen MR) is 241 cm³/mol. The van der Waals surface area contributed by atoms with Gasteiger partial charge in [-0.25, -0.2) is 0 Å². The number of nitrogens with zero attached hydrogens (tertiary/aromatic N) is 6. The van der Waals surface area contributed by atoms with E-state index in [2.05, 4.69) is 118 Å². The molecule has 0 bridgehead atoms. The highest BCUT2D eigenvalue weighted by atomic mass is 15.4. The van der Waals surface area contributed by atoms with Crippen LogP contribution in [-0.4, -0.2) is 35.7 Å². The molecule has 282 valence electrons. The fourth-order valence-electron chi connectivity index (χ4n) is 8.11. The van der Waals surface area contributed by atoms with Crippen LogP contribution in [0, 0.1) is 0 Å². The van der Waals surface area contributed by atoms with Gasteiger partial charge in [0.2, 0.25) is 0 Å². The third-order valence-corrected chi connectivity index (χ3v) is 11.1. The molecule has 6 nitrogen and oxygen atoms in total. The molecule has 2 aromatic heterocycles. The zero-order valence-corrected chi connectivity index (χ0v) is 32.8. The first-order valence-corrected chi connectivity index (χ1v) is 20.3. The van der Waals surface area contributed by atoms with E-state index < -0.39 is 0 Å². The predicted octanol–water partition coefficient (Wildman–Crippen LogP) is 12.7. The van der Waals surface area contributed by atoms with Crippen LogP contribution >= 0.6 is 0 Å². The Morgan fingerprint density at radius 2 is 0.750 bits per heavy atom. The van der Waals surface area contributed by atoms with Crippen molar-refractivity contribution < 1.29 is 0 Å². The maximum atomic E-state index is 4.71. The average Bonchev–Trinajstić information content (AvgIpc) is 3.74. The molecule has 0 aliphatic rings. The van der Waals surface area contributed by atoms with Gasteiger partial charge < -0.3 is 9.13 Å². The van der Waals surface area contributed by atoms with Crippen LogP contribution in [0.25, 0.3) is 43.6 Å². The lowest BCUT2D eigenvalue weighted by atomic mass is 10.1. The van der Waals surface area contributed by atoms with E-state index in [9.17, 15) is 0 Å². The molecule has 0 aliphatic carbocycles. The highest BCUT2D eigenvalue weighted by Crippen LogP contribution is 2.32. The Bertz CT molecular complexity index is 2400. The van der Waals surface area contributed by atoms with Gasteiger partial charge in [0, 0.05) is 70.8 Å². The largest absolute Gasteiger partial charge is 0.340 e. The number of aromatic nitrogens is 2. The van der Waals surface area contributed by atoms with Crippen molar-refractivity contribution in [2.45, 2.75) is 64.5 Å². The van der Waals surface area contributed by atoms with E-state index in [1.165, 1.54) is 95.0 Å². The number of unbranched alkanes of at least 4 members (excludes halogenated alkanes) is 7. The molecule has 0 amide bonds. The Labute approximate surface area is 331 Å². The summed E-state index contributed by atoms with van der Waals surface area (Å²) in [4.78, 5) is 0. The summed E-state index contributed by atoms with van der Waals surface area (Å²) in [5, 5.41) is 18.5. The minimum atomic E-state index is 1.05. The summed E-state index contributed by atoms with van der Waals surface area (Å²) in [6.45, 7) is 2.10. The zero-order valence-electron chi connectivity index (χ0n) is 32.8. The minimum absolute atomic E-state index is 1.05. The van der Waals surface area contributed by atoms with Crippen molar-refractivity contribution in [3.05, 3.63) is 157 Å². The molecule has 0 N–H and O–H groups in total. The van der Waals surface area contributed by atoms with Crippen LogP contribution < -0.4 is 10.0 Å². The maximum Gasteiger partial charge on any atom is 0.0590 e. The first kappa shape index (κ1) is 36.8. The van der Waals surface area contributed by atoms with E-state index in [0.717, 1.165) is 35.6 Å². The number of anilines is 2. The lowest BCUT2D eigenvalue weighted by Crippen LogP contribution is -2.08. The fourth-order valence-corrected chi connectivity index (χ4v) is 8.11. The van der Waals surface area contributed by atoms with Gasteiger partial charge in [-0.05, 0) is 84.6 Å².